The van der Waals surface area contributed by atoms with E-state index in [4.69, 9.17) is 16.7 Å². The normalized spacial score (nSPS) is 10.6. The van der Waals surface area contributed by atoms with Crippen molar-refractivity contribution in [2.75, 3.05) is 0 Å². The molecule has 110 valence electrons. The summed E-state index contributed by atoms with van der Waals surface area (Å²) in [5.74, 6) is -1.16. The largest absolute Gasteiger partial charge is 0.480 e. The van der Waals surface area contributed by atoms with E-state index in [0.29, 0.717) is 10.6 Å². The van der Waals surface area contributed by atoms with Gasteiger partial charge in [-0.25, -0.2) is 4.79 Å². The fraction of sp³-hybridized carbons (Fsp3) is 0.214. The molecule has 0 atom stereocenters. The topological polar surface area (TPSA) is 81.3 Å². The molecule has 0 saturated heterocycles. The van der Waals surface area contributed by atoms with Crippen LogP contribution >= 0.6 is 11.6 Å². The number of aryl methyl sites for hydroxylation is 1. The molecule has 0 radical (unpaired) electrons. The molecule has 21 heavy (non-hydrogen) atoms. The van der Waals surface area contributed by atoms with Gasteiger partial charge in [0, 0.05) is 18.3 Å². The fourth-order valence-electron chi connectivity index (χ4n) is 2.05. The molecule has 1 aromatic heterocycles. The number of carboxylic acids is 1. The monoisotopic (exact) mass is 308 g/mol. The van der Waals surface area contributed by atoms with Crippen molar-refractivity contribution in [3.63, 3.8) is 0 Å². The molecule has 0 spiro atoms. The van der Waals surface area contributed by atoms with Gasteiger partial charge in [-0.2, -0.15) is 0 Å². The van der Waals surface area contributed by atoms with Crippen LogP contribution in [0.1, 0.15) is 5.56 Å². The zero-order valence-electron chi connectivity index (χ0n) is 11.5. The standard InChI is InChI=1S/C14H13ClN2O4/c1-8-3-4-9(15)5-10(8)11-6-17(7-12(18)19)14(21)16(2)13(11)20/h3-6H,7H2,1-2H3,(H,18,19). The summed E-state index contributed by atoms with van der Waals surface area (Å²) in [5, 5.41) is 9.30. The number of hydrogen-bond acceptors (Lipinski definition) is 3. The number of hydrogen-bond donors (Lipinski definition) is 1. The molecule has 1 heterocycles. The number of aromatic nitrogens is 2. The predicted molar refractivity (Wildman–Crippen MR) is 78.8 cm³/mol. The molecule has 7 heteroatoms. The van der Waals surface area contributed by atoms with Crippen LogP contribution in [0.25, 0.3) is 11.1 Å². The lowest BCUT2D eigenvalue weighted by Gasteiger charge is -2.11. The van der Waals surface area contributed by atoms with Crippen LogP contribution in [-0.2, 0) is 18.4 Å². The van der Waals surface area contributed by atoms with Crippen LogP contribution in [0.15, 0.2) is 34.0 Å². The van der Waals surface area contributed by atoms with Gasteiger partial charge < -0.3 is 5.11 Å². The third kappa shape index (κ3) is 2.90. The third-order valence-electron chi connectivity index (χ3n) is 3.15. The van der Waals surface area contributed by atoms with Crippen molar-refractivity contribution in [1.82, 2.24) is 9.13 Å². The second-order valence-electron chi connectivity index (χ2n) is 4.67. The smallest absolute Gasteiger partial charge is 0.331 e. The van der Waals surface area contributed by atoms with Gasteiger partial charge in [0.15, 0.2) is 0 Å². The Morgan fingerprint density at radius 2 is 1.95 bits per heavy atom. The Hall–Kier alpha value is -2.34. The second kappa shape index (κ2) is 5.57. The maximum absolute atomic E-state index is 12.3. The van der Waals surface area contributed by atoms with Gasteiger partial charge in [-0.05, 0) is 30.2 Å². The third-order valence-corrected chi connectivity index (χ3v) is 3.38. The number of benzene rings is 1. The summed E-state index contributed by atoms with van der Waals surface area (Å²) in [5.41, 5.74) is 0.440. The molecule has 0 amide bonds. The Labute approximate surface area is 124 Å². The van der Waals surface area contributed by atoms with E-state index in [1.165, 1.54) is 13.2 Å². The van der Waals surface area contributed by atoms with E-state index < -0.39 is 23.8 Å². The van der Waals surface area contributed by atoms with E-state index in [1.807, 2.05) is 0 Å². The van der Waals surface area contributed by atoms with Crippen LogP contribution in [-0.4, -0.2) is 20.2 Å². The van der Waals surface area contributed by atoms with E-state index in [1.54, 1.807) is 25.1 Å². The maximum atomic E-state index is 12.3. The van der Waals surface area contributed by atoms with Gasteiger partial charge in [0.1, 0.15) is 6.54 Å². The Balaban J connectivity index is 2.77. The van der Waals surface area contributed by atoms with Gasteiger partial charge in [-0.3, -0.25) is 18.7 Å². The Morgan fingerprint density at radius 1 is 1.29 bits per heavy atom. The molecular formula is C14H13ClN2O4. The lowest BCUT2D eigenvalue weighted by molar-refractivity contribution is -0.137. The van der Waals surface area contributed by atoms with Crippen molar-refractivity contribution in [3.8, 4) is 11.1 Å². The molecule has 0 aliphatic carbocycles. The van der Waals surface area contributed by atoms with Crippen LogP contribution in [0.4, 0.5) is 0 Å². The first-order valence-corrected chi connectivity index (χ1v) is 6.48. The highest BCUT2D eigenvalue weighted by atomic mass is 35.5. The molecule has 0 saturated carbocycles. The summed E-state index contributed by atoms with van der Waals surface area (Å²) >= 11 is 5.94. The van der Waals surface area contributed by atoms with Crippen LogP contribution in [0.2, 0.25) is 5.02 Å². The summed E-state index contributed by atoms with van der Waals surface area (Å²) in [6, 6.07) is 5.06. The number of halogens is 1. The molecule has 6 nitrogen and oxygen atoms in total. The van der Waals surface area contributed by atoms with E-state index in [2.05, 4.69) is 0 Å². The van der Waals surface area contributed by atoms with E-state index in [0.717, 1.165) is 14.7 Å². The number of aliphatic carboxylic acids is 1. The van der Waals surface area contributed by atoms with E-state index >= 15 is 0 Å². The van der Waals surface area contributed by atoms with Crippen molar-refractivity contribution < 1.29 is 9.90 Å². The lowest BCUT2D eigenvalue weighted by atomic mass is 10.0. The molecule has 0 bridgehead atoms. The molecule has 0 unspecified atom stereocenters. The van der Waals surface area contributed by atoms with Gasteiger partial charge in [-0.15, -0.1) is 0 Å². The first-order chi connectivity index (χ1) is 9.81. The minimum absolute atomic E-state index is 0.235. The molecule has 2 aromatic rings. The fourth-order valence-corrected chi connectivity index (χ4v) is 2.23. The molecule has 2 rings (SSSR count). The lowest BCUT2D eigenvalue weighted by Crippen LogP contribution is -2.39. The molecule has 0 aliphatic rings. The van der Waals surface area contributed by atoms with Gasteiger partial charge in [0.2, 0.25) is 0 Å². The van der Waals surface area contributed by atoms with Crippen LogP contribution < -0.4 is 11.2 Å². The van der Waals surface area contributed by atoms with Crippen molar-refractivity contribution in [2.24, 2.45) is 7.05 Å². The molecule has 1 aromatic carbocycles. The predicted octanol–water partition coefficient (Wildman–Crippen LogP) is 1.26. The summed E-state index contributed by atoms with van der Waals surface area (Å²) in [6.45, 7) is 1.29. The average molecular weight is 309 g/mol. The van der Waals surface area contributed by atoms with Gasteiger partial charge in [0.25, 0.3) is 5.56 Å². The highest BCUT2D eigenvalue weighted by Gasteiger charge is 2.14. The van der Waals surface area contributed by atoms with Crippen molar-refractivity contribution >= 4 is 17.6 Å². The van der Waals surface area contributed by atoms with Crippen molar-refractivity contribution in [2.45, 2.75) is 13.5 Å². The average Bonchev–Trinajstić information content (AvgIpc) is 2.42. The van der Waals surface area contributed by atoms with E-state index in [9.17, 15) is 14.4 Å². The zero-order chi connectivity index (χ0) is 15.7. The minimum atomic E-state index is -1.16. The number of nitrogens with zero attached hydrogens (tertiary/aromatic N) is 2. The summed E-state index contributed by atoms with van der Waals surface area (Å²) in [6.07, 6.45) is 1.26. The Kier molecular flexibility index (Phi) is 3.99. The van der Waals surface area contributed by atoms with Gasteiger partial charge in [0.05, 0.1) is 5.56 Å². The quantitative estimate of drug-likeness (QED) is 0.925. The van der Waals surface area contributed by atoms with Crippen molar-refractivity contribution in [3.05, 3.63) is 55.8 Å². The molecular weight excluding hydrogens is 296 g/mol. The SMILES string of the molecule is Cc1ccc(Cl)cc1-c1cn(CC(=O)O)c(=O)n(C)c1=O. The molecule has 0 aliphatic heterocycles. The Bertz CT molecular complexity index is 836. The number of carbonyl (C=O) groups is 1. The minimum Gasteiger partial charge on any atom is -0.480 e. The van der Waals surface area contributed by atoms with Crippen LogP contribution in [0.5, 0.6) is 0 Å². The van der Waals surface area contributed by atoms with Crippen LogP contribution in [0.3, 0.4) is 0 Å². The highest BCUT2D eigenvalue weighted by molar-refractivity contribution is 6.30. The molecule has 0 fully saturated rings. The number of carboxylic acid groups (broad SMARTS) is 1. The first kappa shape index (κ1) is 15.1. The van der Waals surface area contributed by atoms with Crippen molar-refractivity contribution in [1.29, 1.82) is 0 Å². The zero-order valence-corrected chi connectivity index (χ0v) is 12.2. The van der Waals surface area contributed by atoms with Crippen LogP contribution in [0, 0.1) is 6.92 Å². The summed E-state index contributed by atoms with van der Waals surface area (Å²) in [4.78, 5) is 35.0. The van der Waals surface area contributed by atoms with Gasteiger partial charge >= 0.3 is 11.7 Å². The first-order valence-electron chi connectivity index (χ1n) is 6.10. The molecule has 1 N–H and O–H groups in total. The summed E-state index contributed by atoms with van der Waals surface area (Å²) in [7, 11) is 1.31. The highest BCUT2D eigenvalue weighted by Crippen LogP contribution is 2.23. The second-order valence-corrected chi connectivity index (χ2v) is 5.11. The maximum Gasteiger partial charge on any atom is 0.331 e. The summed E-state index contributed by atoms with van der Waals surface area (Å²) < 4.78 is 1.87. The van der Waals surface area contributed by atoms with E-state index in [-0.39, 0.29) is 5.56 Å². The number of rotatable bonds is 3. The Morgan fingerprint density at radius 3 is 2.57 bits per heavy atom. The van der Waals surface area contributed by atoms with Gasteiger partial charge in [-0.1, -0.05) is 17.7 Å².